The van der Waals surface area contributed by atoms with Crippen LogP contribution in [0.1, 0.15) is 44.2 Å². The van der Waals surface area contributed by atoms with Crippen molar-refractivity contribution in [2.75, 3.05) is 6.54 Å². The van der Waals surface area contributed by atoms with Crippen LogP contribution < -0.4 is 10.5 Å². The molecule has 2 N–H and O–H groups in total. The Hall–Kier alpha value is -1.02. The minimum atomic E-state index is -0.0452. The minimum Gasteiger partial charge on any atom is -0.487 e. The van der Waals surface area contributed by atoms with Gasteiger partial charge in [0.25, 0.3) is 0 Å². The van der Waals surface area contributed by atoms with E-state index >= 15 is 0 Å². The van der Waals surface area contributed by atoms with Crippen molar-refractivity contribution in [1.29, 1.82) is 0 Å². The van der Waals surface area contributed by atoms with Crippen molar-refractivity contribution in [3.8, 4) is 5.75 Å². The first-order valence-electron chi connectivity index (χ1n) is 6.57. The highest BCUT2D eigenvalue weighted by Crippen LogP contribution is 2.45. The third kappa shape index (κ3) is 1.66. The summed E-state index contributed by atoms with van der Waals surface area (Å²) < 4.78 is 5.92. The van der Waals surface area contributed by atoms with Crippen molar-refractivity contribution < 1.29 is 4.74 Å². The Morgan fingerprint density at radius 2 is 2.06 bits per heavy atom. The van der Waals surface area contributed by atoms with E-state index < -0.39 is 0 Å². The molecule has 1 fully saturated rings. The van der Waals surface area contributed by atoms with Crippen LogP contribution in [0.2, 0.25) is 0 Å². The third-order valence-corrected chi connectivity index (χ3v) is 4.38. The van der Waals surface area contributed by atoms with Crippen LogP contribution >= 0.6 is 0 Å². The molecule has 0 bridgehead atoms. The zero-order valence-electron chi connectivity index (χ0n) is 10.8. The topological polar surface area (TPSA) is 35.2 Å². The monoisotopic (exact) mass is 231 g/mol. The van der Waals surface area contributed by atoms with Gasteiger partial charge >= 0.3 is 0 Å². The highest BCUT2D eigenvalue weighted by molar-refractivity contribution is 5.44. The Bertz CT molecular complexity index is 441. The Morgan fingerprint density at radius 1 is 1.29 bits per heavy atom. The number of nitrogens with two attached hydrogens (primary N) is 1. The summed E-state index contributed by atoms with van der Waals surface area (Å²) in [6, 6.07) is 6.68. The highest BCUT2D eigenvalue weighted by atomic mass is 16.5. The van der Waals surface area contributed by atoms with Crippen molar-refractivity contribution in [3.63, 3.8) is 0 Å². The SMILES string of the molecule is CC1(C)Cc2cc(C3(CN)CCC3)ccc2O1. The van der Waals surface area contributed by atoms with Gasteiger partial charge < -0.3 is 10.5 Å². The molecule has 1 aliphatic carbocycles. The molecule has 0 aromatic heterocycles. The van der Waals surface area contributed by atoms with Crippen LogP contribution in [-0.4, -0.2) is 12.1 Å². The Morgan fingerprint density at radius 3 is 2.65 bits per heavy atom. The van der Waals surface area contributed by atoms with Gasteiger partial charge in [0.05, 0.1) is 0 Å². The summed E-state index contributed by atoms with van der Waals surface area (Å²) in [5.41, 5.74) is 8.96. The normalized spacial score (nSPS) is 23.7. The van der Waals surface area contributed by atoms with Gasteiger partial charge in [-0.2, -0.15) is 0 Å². The molecule has 1 aliphatic heterocycles. The molecule has 2 nitrogen and oxygen atoms in total. The summed E-state index contributed by atoms with van der Waals surface area (Å²) >= 11 is 0. The Labute approximate surface area is 103 Å². The third-order valence-electron chi connectivity index (χ3n) is 4.38. The summed E-state index contributed by atoms with van der Waals surface area (Å²) in [4.78, 5) is 0. The lowest BCUT2D eigenvalue weighted by Crippen LogP contribution is -2.41. The van der Waals surface area contributed by atoms with Gasteiger partial charge in [0.1, 0.15) is 11.4 Å². The number of rotatable bonds is 2. The second-order valence-electron chi connectivity index (χ2n) is 6.20. The summed E-state index contributed by atoms with van der Waals surface area (Å²) in [6.07, 6.45) is 4.81. The van der Waals surface area contributed by atoms with Gasteiger partial charge in [-0.1, -0.05) is 18.6 Å². The van der Waals surface area contributed by atoms with Gasteiger partial charge in [-0.25, -0.2) is 0 Å². The predicted octanol–water partition coefficient (Wildman–Crippen LogP) is 2.78. The summed E-state index contributed by atoms with van der Waals surface area (Å²) in [5.74, 6) is 1.06. The van der Waals surface area contributed by atoms with E-state index in [1.807, 2.05) is 0 Å². The number of hydrogen-bond donors (Lipinski definition) is 1. The molecular formula is C15H21NO. The highest BCUT2D eigenvalue weighted by Gasteiger charge is 2.39. The molecule has 17 heavy (non-hydrogen) atoms. The summed E-state index contributed by atoms with van der Waals surface area (Å²) in [6.45, 7) is 5.07. The lowest BCUT2D eigenvalue weighted by atomic mass is 9.64. The fraction of sp³-hybridized carbons (Fsp3) is 0.600. The first kappa shape index (κ1) is 11.1. The molecule has 1 heterocycles. The van der Waals surface area contributed by atoms with Crippen LogP contribution in [0.15, 0.2) is 18.2 Å². The molecule has 0 radical (unpaired) electrons. The Balaban J connectivity index is 1.96. The van der Waals surface area contributed by atoms with E-state index in [-0.39, 0.29) is 11.0 Å². The maximum Gasteiger partial charge on any atom is 0.123 e. The van der Waals surface area contributed by atoms with Crippen molar-refractivity contribution in [1.82, 2.24) is 0 Å². The number of fused-ring (bicyclic) bond motifs is 1. The van der Waals surface area contributed by atoms with Gasteiger partial charge in [0, 0.05) is 18.4 Å². The smallest absolute Gasteiger partial charge is 0.123 e. The molecule has 1 saturated carbocycles. The number of ether oxygens (including phenoxy) is 1. The van der Waals surface area contributed by atoms with E-state index in [1.54, 1.807) is 0 Å². The standard InChI is InChI=1S/C15H21NO/c1-14(2)9-11-8-12(4-5-13(11)17-14)15(10-16)6-3-7-15/h4-5,8H,3,6-7,9-10,16H2,1-2H3. The molecule has 0 spiro atoms. The molecule has 0 amide bonds. The molecule has 2 heteroatoms. The van der Waals surface area contributed by atoms with E-state index in [0.717, 1.165) is 18.7 Å². The van der Waals surface area contributed by atoms with Gasteiger partial charge in [-0.15, -0.1) is 0 Å². The van der Waals surface area contributed by atoms with E-state index in [0.29, 0.717) is 0 Å². The molecule has 3 rings (SSSR count). The molecule has 0 saturated heterocycles. The molecule has 0 unspecified atom stereocenters. The lowest BCUT2D eigenvalue weighted by Gasteiger charge is -2.41. The first-order chi connectivity index (χ1) is 8.05. The molecule has 1 aromatic carbocycles. The minimum absolute atomic E-state index is 0.0452. The zero-order valence-corrected chi connectivity index (χ0v) is 10.8. The van der Waals surface area contributed by atoms with Crippen LogP contribution in [0.25, 0.3) is 0 Å². The average Bonchev–Trinajstić information content (AvgIpc) is 2.50. The maximum atomic E-state index is 5.97. The maximum absolute atomic E-state index is 5.97. The largest absolute Gasteiger partial charge is 0.487 e. The fourth-order valence-electron chi connectivity index (χ4n) is 3.15. The van der Waals surface area contributed by atoms with Crippen LogP contribution in [0.3, 0.4) is 0 Å². The molecular weight excluding hydrogens is 210 g/mol. The van der Waals surface area contributed by atoms with Gasteiger partial charge in [-0.3, -0.25) is 0 Å². The van der Waals surface area contributed by atoms with Crippen LogP contribution in [-0.2, 0) is 11.8 Å². The van der Waals surface area contributed by atoms with Crippen molar-refractivity contribution in [2.45, 2.75) is 50.5 Å². The molecule has 1 aromatic rings. The van der Waals surface area contributed by atoms with Crippen LogP contribution in [0.4, 0.5) is 0 Å². The molecule has 2 aliphatic rings. The second-order valence-corrected chi connectivity index (χ2v) is 6.20. The lowest BCUT2D eigenvalue weighted by molar-refractivity contribution is 0.138. The fourth-order valence-corrected chi connectivity index (χ4v) is 3.15. The van der Waals surface area contributed by atoms with E-state index in [9.17, 15) is 0 Å². The zero-order chi connectivity index (χ0) is 12.1. The van der Waals surface area contributed by atoms with Gasteiger partial charge in [-0.05, 0) is 43.9 Å². The van der Waals surface area contributed by atoms with E-state index in [1.165, 1.54) is 30.4 Å². The van der Waals surface area contributed by atoms with E-state index in [4.69, 9.17) is 10.5 Å². The first-order valence-corrected chi connectivity index (χ1v) is 6.57. The van der Waals surface area contributed by atoms with Crippen molar-refractivity contribution >= 4 is 0 Å². The molecule has 92 valence electrons. The van der Waals surface area contributed by atoms with Gasteiger partial charge in [0.2, 0.25) is 0 Å². The summed E-state index contributed by atoms with van der Waals surface area (Å²) in [7, 11) is 0. The van der Waals surface area contributed by atoms with Crippen molar-refractivity contribution in [3.05, 3.63) is 29.3 Å². The van der Waals surface area contributed by atoms with Crippen LogP contribution in [0.5, 0.6) is 5.75 Å². The van der Waals surface area contributed by atoms with Crippen LogP contribution in [0, 0.1) is 0 Å². The van der Waals surface area contributed by atoms with Crippen molar-refractivity contribution in [2.24, 2.45) is 5.73 Å². The number of benzene rings is 1. The summed E-state index contributed by atoms with van der Waals surface area (Å²) in [5, 5.41) is 0. The Kier molecular flexibility index (Phi) is 2.27. The molecule has 0 atom stereocenters. The predicted molar refractivity (Wildman–Crippen MR) is 69.4 cm³/mol. The van der Waals surface area contributed by atoms with Gasteiger partial charge in [0.15, 0.2) is 0 Å². The number of hydrogen-bond acceptors (Lipinski definition) is 2. The average molecular weight is 231 g/mol. The van der Waals surface area contributed by atoms with E-state index in [2.05, 4.69) is 32.0 Å². The second kappa shape index (κ2) is 3.49. The quantitative estimate of drug-likeness (QED) is 0.849.